The largest absolute Gasteiger partial charge is 0.314 e. The summed E-state index contributed by atoms with van der Waals surface area (Å²) in [5, 5.41) is 10.3. The maximum absolute atomic E-state index is 3.95. The van der Waals surface area contributed by atoms with E-state index in [1.165, 1.54) is 5.69 Å². The summed E-state index contributed by atoms with van der Waals surface area (Å²) >= 11 is 0. The minimum absolute atomic E-state index is 0.622. The van der Waals surface area contributed by atoms with E-state index in [2.05, 4.69) is 27.3 Å². The van der Waals surface area contributed by atoms with Gasteiger partial charge in [-0.25, -0.2) is 0 Å². The zero-order valence-electron chi connectivity index (χ0n) is 7.95. The molecule has 0 radical (unpaired) electrons. The Bertz CT molecular complexity index is 244. The van der Waals surface area contributed by atoms with E-state index < -0.39 is 0 Å². The van der Waals surface area contributed by atoms with Gasteiger partial charge in [-0.2, -0.15) is 5.10 Å². The highest BCUT2D eigenvalue weighted by Crippen LogP contribution is 2.06. The summed E-state index contributed by atoms with van der Waals surface area (Å²) in [7, 11) is 0. The molecule has 13 heavy (non-hydrogen) atoms. The van der Waals surface area contributed by atoms with Crippen molar-refractivity contribution in [3.05, 3.63) is 18.0 Å². The first-order valence-corrected chi connectivity index (χ1v) is 4.79. The van der Waals surface area contributed by atoms with E-state index in [1.807, 2.05) is 12.3 Å². The molecule has 1 atom stereocenters. The molecule has 4 heteroatoms. The van der Waals surface area contributed by atoms with Crippen molar-refractivity contribution >= 4 is 0 Å². The minimum Gasteiger partial charge on any atom is -0.314 e. The Morgan fingerprint density at radius 2 is 2.62 bits per heavy atom. The van der Waals surface area contributed by atoms with Gasteiger partial charge in [0.05, 0.1) is 0 Å². The van der Waals surface area contributed by atoms with Crippen LogP contribution in [0.4, 0.5) is 0 Å². The van der Waals surface area contributed by atoms with Gasteiger partial charge in [0.15, 0.2) is 0 Å². The van der Waals surface area contributed by atoms with Gasteiger partial charge < -0.3 is 5.32 Å². The van der Waals surface area contributed by atoms with Crippen molar-refractivity contribution in [3.8, 4) is 0 Å². The summed E-state index contributed by atoms with van der Waals surface area (Å²) in [6.45, 7) is 6.55. The normalized spacial score (nSPS) is 24.8. The molecule has 0 amide bonds. The van der Waals surface area contributed by atoms with Crippen LogP contribution in [0.2, 0.25) is 0 Å². The summed E-state index contributed by atoms with van der Waals surface area (Å²) in [6, 6.07) is 2.66. The average Bonchev–Trinajstić information content (AvgIpc) is 2.61. The van der Waals surface area contributed by atoms with E-state index in [9.17, 15) is 0 Å². The first-order chi connectivity index (χ1) is 6.36. The first kappa shape index (κ1) is 8.72. The molecule has 2 rings (SSSR count). The molecule has 1 unspecified atom stereocenters. The number of hydrogen-bond acceptors (Lipinski definition) is 3. The van der Waals surface area contributed by atoms with E-state index >= 15 is 0 Å². The number of aromatic nitrogens is 2. The summed E-state index contributed by atoms with van der Waals surface area (Å²) in [6.07, 6.45) is 1.81. The highest BCUT2D eigenvalue weighted by atomic mass is 15.2. The van der Waals surface area contributed by atoms with E-state index in [4.69, 9.17) is 0 Å². The quantitative estimate of drug-likeness (QED) is 0.683. The molecule has 0 spiro atoms. The molecule has 4 nitrogen and oxygen atoms in total. The molecular weight excluding hydrogens is 164 g/mol. The highest BCUT2D eigenvalue weighted by molar-refractivity contribution is 4.98. The fourth-order valence-electron chi connectivity index (χ4n) is 1.71. The Morgan fingerprint density at radius 1 is 1.69 bits per heavy atom. The van der Waals surface area contributed by atoms with E-state index in [0.717, 1.165) is 26.2 Å². The SMILES string of the molecule is CC1CNCCN1Cc1ccn[nH]1. The van der Waals surface area contributed by atoms with Gasteiger partial charge in [-0.05, 0) is 13.0 Å². The van der Waals surface area contributed by atoms with Crippen molar-refractivity contribution in [3.63, 3.8) is 0 Å². The number of rotatable bonds is 2. The van der Waals surface area contributed by atoms with Gasteiger partial charge in [-0.3, -0.25) is 10.00 Å². The lowest BCUT2D eigenvalue weighted by Crippen LogP contribution is -2.49. The molecule has 1 saturated heterocycles. The van der Waals surface area contributed by atoms with Crippen LogP contribution in [-0.4, -0.2) is 40.8 Å². The van der Waals surface area contributed by atoms with Gasteiger partial charge in [-0.15, -0.1) is 0 Å². The van der Waals surface area contributed by atoms with Gasteiger partial charge in [0.25, 0.3) is 0 Å². The third kappa shape index (κ3) is 2.08. The fourth-order valence-corrected chi connectivity index (χ4v) is 1.71. The van der Waals surface area contributed by atoms with Gasteiger partial charge in [0.1, 0.15) is 0 Å². The first-order valence-electron chi connectivity index (χ1n) is 4.79. The van der Waals surface area contributed by atoms with Crippen LogP contribution in [0.3, 0.4) is 0 Å². The molecule has 1 aromatic rings. The van der Waals surface area contributed by atoms with Crippen LogP contribution in [0.1, 0.15) is 12.6 Å². The lowest BCUT2D eigenvalue weighted by atomic mass is 10.2. The molecule has 2 N–H and O–H groups in total. The molecule has 0 aliphatic carbocycles. The molecule has 2 heterocycles. The summed E-state index contributed by atoms with van der Waals surface area (Å²) in [4.78, 5) is 2.46. The predicted molar refractivity (Wildman–Crippen MR) is 51.3 cm³/mol. The van der Waals surface area contributed by atoms with Crippen molar-refractivity contribution in [1.29, 1.82) is 0 Å². The minimum atomic E-state index is 0.622. The maximum Gasteiger partial charge on any atom is 0.0492 e. The predicted octanol–water partition coefficient (Wildman–Crippen LogP) is 0.203. The van der Waals surface area contributed by atoms with Crippen LogP contribution in [0.25, 0.3) is 0 Å². The molecule has 1 aliphatic heterocycles. The van der Waals surface area contributed by atoms with Crippen molar-refractivity contribution in [2.75, 3.05) is 19.6 Å². The van der Waals surface area contributed by atoms with Crippen LogP contribution in [0.5, 0.6) is 0 Å². The molecule has 1 aromatic heterocycles. The second-order valence-electron chi connectivity index (χ2n) is 3.61. The fraction of sp³-hybridized carbons (Fsp3) is 0.667. The molecular formula is C9H16N4. The second-order valence-corrected chi connectivity index (χ2v) is 3.61. The van der Waals surface area contributed by atoms with E-state index in [0.29, 0.717) is 6.04 Å². The number of aromatic amines is 1. The van der Waals surface area contributed by atoms with E-state index in [-0.39, 0.29) is 0 Å². The topological polar surface area (TPSA) is 44.0 Å². The van der Waals surface area contributed by atoms with Crippen molar-refractivity contribution < 1.29 is 0 Å². The standard InChI is InChI=1S/C9H16N4/c1-8-6-10-4-5-13(8)7-9-2-3-11-12-9/h2-3,8,10H,4-7H2,1H3,(H,11,12). The van der Waals surface area contributed by atoms with Crippen LogP contribution in [0, 0.1) is 0 Å². The molecule has 0 bridgehead atoms. The molecule has 1 fully saturated rings. The zero-order chi connectivity index (χ0) is 9.10. The Balaban J connectivity index is 1.93. The van der Waals surface area contributed by atoms with Gasteiger partial charge in [0.2, 0.25) is 0 Å². The van der Waals surface area contributed by atoms with E-state index in [1.54, 1.807) is 0 Å². The maximum atomic E-state index is 3.95. The lowest BCUT2D eigenvalue weighted by Gasteiger charge is -2.33. The monoisotopic (exact) mass is 180 g/mol. The van der Waals surface area contributed by atoms with Crippen LogP contribution < -0.4 is 5.32 Å². The Labute approximate surface area is 78.3 Å². The molecule has 0 aromatic carbocycles. The number of hydrogen-bond donors (Lipinski definition) is 2. The molecule has 72 valence electrons. The van der Waals surface area contributed by atoms with Gasteiger partial charge >= 0.3 is 0 Å². The summed E-state index contributed by atoms with van der Waals surface area (Å²) < 4.78 is 0. The van der Waals surface area contributed by atoms with Gasteiger partial charge in [-0.1, -0.05) is 0 Å². The second kappa shape index (κ2) is 3.89. The number of nitrogens with one attached hydrogen (secondary N) is 2. The van der Waals surface area contributed by atoms with Crippen molar-refractivity contribution in [1.82, 2.24) is 20.4 Å². The Morgan fingerprint density at radius 3 is 3.31 bits per heavy atom. The number of H-pyrrole nitrogens is 1. The van der Waals surface area contributed by atoms with Crippen molar-refractivity contribution in [2.24, 2.45) is 0 Å². The molecule has 0 saturated carbocycles. The number of nitrogens with zero attached hydrogens (tertiary/aromatic N) is 2. The third-order valence-electron chi connectivity index (χ3n) is 2.57. The summed E-state index contributed by atoms with van der Waals surface area (Å²) in [5.74, 6) is 0. The number of piperazine rings is 1. The molecule has 1 aliphatic rings. The Kier molecular flexibility index (Phi) is 2.61. The third-order valence-corrected chi connectivity index (χ3v) is 2.57. The van der Waals surface area contributed by atoms with Gasteiger partial charge in [0, 0.05) is 44.1 Å². The van der Waals surface area contributed by atoms with Crippen molar-refractivity contribution in [2.45, 2.75) is 19.5 Å². The zero-order valence-corrected chi connectivity index (χ0v) is 7.95. The highest BCUT2D eigenvalue weighted by Gasteiger charge is 2.17. The van der Waals surface area contributed by atoms with Crippen LogP contribution >= 0.6 is 0 Å². The summed E-state index contributed by atoms with van der Waals surface area (Å²) in [5.41, 5.74) is 1.20. The lowest BCUT2D eigenvalue weighted by molar-refractivity contribution is 0.164. The Hall–Kier alpha value is -0.870. The van der Waals surface area contributed by atoms with Crippen LogP contribution in [0.15, 0.2) is 12.3 Å². The average molecular weight is 180 g/mol. The smallest absolute Gasteiger partial charge is 0.0492 e. The van der Waals surface area contributed by atoms with Crippen LogP contribution in [-0.2, 0) is 6.54 Å².